The number of aromatic nitrogens is 2. The normalized spacial score (nSPS) is 17.8. The summed E-state index contributed by atoms with van der Waals surface area (Å²) in [7, 11) is 3.58. The van der Waals surface area contributed by atoms with Crippen LogP contribution in [0.3, 0.4) is 0 Å². The molecule has 1 aromatic heterocycles. The summed E-state index contributed by atoms with van der Waals surface area (Å²) >= 11 is 0. The Balaban J connectivity index is 1.70. The van der Waals surface area contributed by atoms with E-state index < -0.39 is 0 Å². The van der Waals surface area contributed by atoms with Crippen LogP contribution in [-0.4, -0.2) is 52.2 Å². The molecule has 0 N–H and O–H groups in total. The minimum atomic E-state index is 0.0578. The molecule has 1 saturated heterocycles. The van der Waals surface area contributed by atoms with Crippen LogP contribution in [0.1, 0.15) is 40.2 Å². The lowest BCUT2D eigenvalue weighted by atomic mass is 10.1. The topological polar surface area (TPSA) is 41.4 Å². The molecule has 2 heterocycles. The molecule has 0 radical (unpaired) electrons. The Morgan fingerprint density at radius 3 is 2.76 bits per heavy atom. The van der Waals surface area contributed by atoms with E-state index in [1.54, 1.807) is 19.0 Å². The highest BCUT2D eigenvalue weighted by Gasteiger charge is 2.25. The van der Waals surface area contributed by atoms with Gasteiger partial charge in [0, 0.05) is 37.9 Å². The number of amides is 1. The fraction of sp³-hybridized carbons (Fsp3) is 0.500. The van der Waals surface area contributed by atoms with E-state index >= 15 is 0 Å². The molecule has 5 heteroatoms. The van der Waals surface area contributed by atoms with E-state index in [0.29, 0.717) is 6.04 Å². The fourth-order valence-electron chi connectivity index (χ4n) is 3.66. The van der Waals surface area contributed by atoms with E-state index in [2.05, 4.69) is 33.7 Å². The maximum atomic E-state index is 12.2. The molecule has 5 nitrogen and oxygen atoms in total. The van der Waals surface area contributed by atoms with Gasteiger partial charge in [0.1, 0.15) is 0 Å². The summed E-state index contributed by atoms with van der Waals surface area (Å²) in [4.78, 5) is 16.3. The standard InChI is InChI=1S/C20H28N4O/c1-15-11-16(2)24(21-15)14-19-9-6-10-23(19)13-17-7-5-8-18(12-17)20(25)22(3)4/h5,7-8,11-12,19H,6,9-10,13-14H2,1-4H3/t19-/m1/s1. The zero-order valence-electron chi connectivity index (χ0n) is 15.7. The zero-order valence-corrected chi connectivity index (χ0v) is 15.7. The van der Waals surface area contributed by atoms with Crippen molar-refractivity contribution in [2.24, 2.45) is 0 Å². The second kappa shape index (κ2) is 7.40. The Bertz CT molecular complexity index is 750. The average Bonchev–Trinajstić information content (AvgIpc) is 3.13. The molecular weight excluding hydrogens is 312 g/mol. The predicted molar refractivity (Wildman–Crippen MR) is 99.6 cm³/mol. The lowest BCUT2D eigenvalue weighted by Gasteiger charge is -2.25. The summed E-state index contributed by atoms with van der Waals surface area (Å²) in [5.41, 5.74) is 4.27. The van der Waals surface area contributed by atoms with Crippen LogP contribution in [0.25, 0.3) is 0 Å². The van der Waals surface area contributed by atoms with Crippen LogP contribution in [0.2, 0.25) is 0 Å². The van der Waals surface area contributed by atoms with Gasteiger partial charge in [-0.25, -0.2) is 0 Å². The van der Waals surface area contributed by atoms with Crippen molar-refractivity contribution in [1.82, 2.24) is 19.6 Å². The number of benzene rings is 1. The third-order valence-electron chi connectivity index (χ3n) is 4.95. The van der Waals surface area contributed by atoms with Crippen molar-refractivity contribution in [3.63, 3.8) is 0 Å². The molecule has 0 unspecified atom stereocenters. The molecule has 3 rings (SSSR count). The van der Waals surface area contributed by atoms with E-state index in [1.165, 1.54) is 24.1 Å². The molecule has 25 heavy (non-hydrogen) atoms. The Kier molecular flexibility index (Phi) is 5.23. The Morgan fingerprint density at radius 2 is 2.08 bits per heavy atom. The lowest BCUT2D eigenvalue weighted by molar-refractivity contribution is 0.0827. The van der Waals surface area contributed by atoms with E-state index in [1.807, 2.05) is 25.1 Å². The van der Waals surface area contributed by atoms with E-state index in [9.17, 15) is 4.79 Å². The van der Waals surface area contributed by atoms with Gasteiger partial charge in [-0.3, -0.25) is 14.4 Å². The van der Waals surface area contributed by atoms with Gasteiger partial charge in [-0.15, -0.1) is 0 Å². The molecule has 1 aromatic carbocycles. The van der Waals surface area contributed by atoms with Crippen LogP contribution < -0.4 is 0 Å². The number of hydrogen-bond acceptors (Lipinski definition) is 3. The second-order valence-corrected chi connectivity index (χ2v) is 7.28. The molecule has 1 aliphatic rings. The molecule has 0 saturated carbocycles. The number of rotatable bonds is 5. The highest BCUT2D eigenvalue weighted by atomic mass is 16.2. The lowest BCUT2D eigenvalue weighted by Crippen LogP contribution is -2.33. The van der Waals surface area contributed by atoms with Crippen LogP contribution in [0.5, 0.6) is 0 Å². The van der Waals surface area contributed by atoms with Gasteiger partial charge >= 0.3 is 0 Å². The van der Waals surface area contributed by atoms with Crippen LogP contribution in [0.4, 0.5) is 0 Å². The number of hydrogen-bond donors (Lipinski definition) is 0. The summed E-state index contributed by atoms with van der Waals surface area (Å²) in [6, 6.07) is 10.7. The number of likely N-dealkylation sites (tertiary alicyclic amines) is 1. The van der Waals surface area contributed by atoms with Crippen LogP contribution in [0, 0.1) is 13.8 Å². The van der Waals surface area contributed by atoms with Gasteiger partial charge in [-0.2, -0.15) is 5.10 Å². The van der Waals surface area contributed by atoms with Crippen molar-refractivity contribution >= 4 is 5.91 Å². The third kappa shape index (κ3) is 4.10. The molecule has 0 bridgehead atoms. The largest absolute Gasteiger partial charge is 0.345 e. The molecule has 0 spiro atoms. The summed E-state index contributed by atoms with van der Waals surface area (Å²) in [6.07, 6.45) is 2.43. The quantitative estimate of drug-likeness (QED) is 0.840. The molecule has 1 aliphatic heterocycles. The van der Waals surface area contributed by atoms with E-state index in [-0.39, 0.29) is 5.91 Å². The predicted octanol–water partition coefficient (Wildman–Crippen LogP) is 2.87. The second-order valence-electron chi connectivity index (χ2n) is 7.28. The summed E-state index contributed by atoms with van der Waals surface area (Å²) < 4.78 is 2.13. The highest BCUT2D eigenvalue weighted by molar-refractivity contribution is 5.94. The number of carbonyl (C=O) groups is 1. The highest BCUT2D eigenvalue weighted by Crippen LogP contribution is 2.22. The van der Waals surface area contributed by atoms with Crippen molar-refractivity contribution in [2.45, 2.75) is 45.8 Å². The van der Waals surface area contributed by atoms with E-state index in [4.69, 9.17) is 0 Å². The van der Waals surface area contributed by atoms with Crippen molar-refractivity contribution in [2.75, 3.05) is 20.6 Å². The van der Waals surface area contributed by atoms with Crippen molar-refractivity contribution in [1.29, 1.82) is 0 Å². The van der Waals surface area contributed by atoms with E-state index in [0.717, 1.165) is 30.9 Å². The smallest absolute Gasteiger partial charge is 0.253 e. The fourth-order valence-corrected chi connectivity index (χ4v) is 3.66. The molecule has 1 atom stereocenters. The summed E-state index contributed by atoms with van der Waals surface area (Å²) in [6.45, 7) is 7.10. The molecule has 1 fully saturated rings. The first-order valence-electron chi connectivity index (χ1n) is 9.00. The Morgan fingerprint density at radius 1 is 1.28 bits per heavy atom. The summed E-state index contributed by atoms with van der Waals surface area (Å²) in [5, 5.41) is 4.61. The van der Waals surface area contributed by atoms with Crippen LogP contribution in [0.15, 0.2) is 30.3 Å². The molecular formula is C20H28N4O. The van der Waals surface area contributed by atoms with Crippen molar-refractivity contribution < 1.29 is 4.79 Å². The SMILES string of the molecule is Cc1cc(C)n(C[C@H]2CCCN2Cc2cccc(C(=O)N(C)C)c2)n1. The van der Waals surface area contributed by atoms with Gasteiger partial charge in [-0.1, -0.05) is 12.1 Å². The molecule has 134 valence electrons. The number of nitrogens with zero attached hydrogens (tertiary/aromatic N) is 4. The van der Waals surface area contributed by atoms with Gasteiger partial charge < -0.3 is 4.90 Å². The minimum Gasteiger partial charge on any atom is -0.345 e. The number of carbonyl (C=O) groups excluding carboxylic acids is 1. The maximum absolute atomic E-state index is 12.2. The molecule has 2 aromatic rings. The zero-order chi connectivity index (χ0) is 18.0. The van der Waals surface area contributed by atoms with Crippen LogP contribution >= 0.6 is 0 Å². The maximum Gasteiger partial charge on any atom is 0.253 e. The van der Waals surface area contributed by atoms with Gasteiger partial charge in [0.2, 0.25) is 0 Å². The monoisotopic (exact) mass is 340 g/mol. The van der Waals surface area contributed by atoms with Gasteiger partial charge in [-0.05, 0) is 57.0 Å². The van der Waals surface area contributed by atoms with Crippen molar-refractivity contribution in [3.05, 3.63) is 52.8 Å². The summed E-state index contributed by atoms with van der Waals surface area (Å²) in [5.74, 6) is 0.0578. The Hall–Kier alpha value is -2.14. The first kappa shape index (κ1) is 17.7. The number of aryl methyl sites for hydroxylation is 2. The first-order valence-corrected chi connectivity index (χ1v) is 9.00. The first-order chi connectivity index (χ1) is 11.9. The molecule has 0 aliphatic carbocycles. The van der Waals surface area contributed by atoms with Gasteiger partial charge in [0.05, 0.1) is 12.2 Å². The van der Waals surface area contributed by atoms with Gasteiger partial charge in [0.25, 0.3) is 5.91 Å². The minimum absolute atomic E-state index is 0.0578. The van der Waals surface area contributed by atoms with Crippen LogP contribution in [-0.2, 0) is 13.1 Å². The average molecular weight is 340 g/mol. The van der Waals surface area contributed by atoms with Crippen molar-refractivity contribution in [3.8, 4) is 0 Å². The Labute approximate surface area is 150 Å². The van der Waals surface area contributed by atoms with Gasteiger partial charge in [0.15, 0.2) is 0 Å². The molecule has 1 amide bonds. The third-order valence-corrected chi connectivity index (χ3v) is 4.95.